The van der Waals surface area contributed by atoms with Crippen LogP contribution in [-0.2, 0) is 10.0 Å². The molecule has 178 valence electrons. The maximum atomic E-state index is 11.9. The highest BCUT2D eigenvalue weighted by Crippen LogP contribution is 2.62. The number of hydrogen-bond acceptors (Lipinski definition) is 5. The quantitative estimate of drug-likeness (QED) is 0.576. The van der Waals surface area contributed by atoms with Crippen molar-refractivity contribution in [3.8, 4) is 0 Å². The minimum atomic E-state index is -3.26. The number of benzene rings is 1. The van der Waals surface area contributed by atoms with Crippen molar-refractivity contribution in [1.82, 2.24) is 5.32 Å². The number of piperidine rings is 1. The summed E-state index contributed by atoms with van der Waals surface area (Å²) in [5, 5.41) is 15.1. The second-order valence-electron chi connectivity index (χ2n) is 11.3. The molecule has 5 aliphatic rings. The van der Waals surface area contributed by atoms with Gasteiger partial charge in [0.1, 0.15) is 0 Å². The van der Waals surface area contributed by atoms with Crippen LogP contribution in [-0.4, -0.2) is 50.1 Å². The Bertz CT molecular complexity index is 928. The van der Waals surface area contributed by atoms with Crippen LogP contribution in [0.4, 0.5) is 11.4 Å². The van der Waals surface area contributed by atoms with Gasteiger partial charge < -0.3 is 15.3 Å². The van der Waals surface area contributed by atoms with Gasteiger partial charge in [0.2, 0.25) is 10.0 Å². The van der Waals surface area contributed by atoms with Gasteiger partial charge in [0, 0.05) is 30.9 Å². The molecule has 7 heteroatoms. The standard InChI is InChI=1S/C25H39N3O3S/c1-3-32(30,31)27-22-5-4-6-23(12-22)28-9-7-21(8-10-28)26-18(2)24-13-19-11-20(14-24)16-25(29,15-19)17-24/h4-6,12,18-21,26-27,29H,3,7-11,13-17H2,1-2H3/t18-,19+,20+,24?,25?/m0/s1. The molecule has 1 saturated heterocycles. The Morgan fingerprint density at radius 2 is 1.84 bits per heavy atom. The first-order valence-corrected chi connectivity index (χ1v) is 14.2. The van der Waals surface area contributed by atoms with Gasteiger partial charge >= 0.3 is 0 Å². The first-order valence-electron chi connectivity index (χ1n) is 12.5. The van der Waals surface area contributed by atoms with Crippen molar-refractivity contribution in [3.05, 3.63) is 24.3 Å². The largest absolute Gasteiger partial charge is 0.390 e. The summed E-state index contributed by atoms with van der Waals surface area (Å²) < 4.78 is 26.5. The van der Waals surface area contributed by atoms with E-state index in [2.05, 4.69) is 27.9 Å². The van der Waals surface area contributed by atoms with E-state index >= 15 is 0 Å². The lowest BCUT2D eigenvalue weighted by Gasteiger charge is -2.62. The molecule has 1 aromatic carbocycles. The van der Waals surface area contributed by atoms with E-state index in [4.69, 9.17) is 0 Å². The summed E-state index contributed by atoms with van der Waals surface area (Å²) in [6, 6.07) is 8.70. The molecule has 3 N–H and O–H groups in total. The van der Waals surface area contributed by atoms with Crippen molar-refractivity contribution in [2.24, 2.45) is 17.3 Å². The van der Waals surface area contributed by atoms with Crippen molar-refractivity contribution in [2.75, 3.05) is 28.5 Å². The highest BCUT2D eigenvalue weighted by atomic mass is 32.2. The lowest BCUT2D eigenvalue weighted by Crippen LogP contribution is -2.62. The summed E-state index contributed by atoms with van der Waals surface area (Å²) in [7, 11) is -3.26. The fourth-order valence-electron chi connectivity index (χ4n) is 7.64. The van der Waals surface area contributed by atoms with Crippen LogP contribution in [0.5, 0.6) is 0 Å². The summed E-state index contributed by atoms with van der Waals surface area (Å²) in [4.78, 5) is 2.36. The second-order valence-corrected chi connectivity index (χ2v) is 13.3. The number of rotatable bonds is 7. The summed E-state index contributed by atoms with van der Waals surface area (Å²) in [5.41, 5.74) is 1.60. The highest BCUT2D eigenvalue weighted by Gasteiger charge is 2.58. The fourth-order valence-corrected chi connectivity index (χ4v) is 8.27. The van der Waals surface area contributed by atoms with Crippen molar-refractivity contribution >= 4 is 21.4 Å². The Morgan fingerprint density at radius 1 is 1.16 bits per heavy atom. The van der Waals surface area contributed by atoms with E-state index in [0.29, 0.717) is 17.8 Å². The zero-order valence-electron chi connectivity index (χ0n) is 19.5. The lowest BCUT2D eigenvalue weighted by molar-refractivity contribution is -0.172. The molecule has 6 rings (SSSR count). The van der Waals surface area contributed by atoms with Crippen LogP contribution in [0.15, 0.2) is 24.3 Å². The van der Waals surface area contributed by atoms with E-state index in [9.17, 15) is 13.5 Å². The van der Waals surface area contributed by atoms with Crippen LogP contribution in [0.25, 0.3) is 0 Å². The first-order chi connectivity index (χ1) is 15.2. The minimum Gasteiger partial charge on any atom is -0.390 e. The average Bonchev–Trinajstić information content (AvgIpc) is 2.72. The maximum Gasteiger partial charge on any atom is 0.232 e. The third-order valence-corrected chi connectivity index (χ3v) is 10.1. The minimum absolute atomic E-state index is 0.0763. The Balaban J connectivity index is 1.18. The maximum absolute atomic E-state index is 11.9. The van der Waals surface area contributed by atoms with Crippen LogP contribution in [0.1, 0.15) is 65.2 Å². The summed E-state index contributed by atoms with van der Waals surface area (Å²) in [6.45, 7) is 5.95. The molecule has 1 aromatic rings. The topological polar surface area (TPSA) is 81.7 Å². The third-order valence-electron chi connectivity index (χ3n) is 8.84. The summed E-state index contributed by atoms with van der Waals surface area (Å²) in [5.74, 6) is 1.53. The Morgan fingerprint density at radius 3 is 2.47 bits per heavy atom. The summed E-state index contributed by atoms with van der Waals surface area (Å²) in [6.07, 6.45) is 9.14. The van der Waals surface area contributed by atoms with E-state index in [1.807, 2.05) is 18.2 Å². The highest BCUT2D eigenvalue weighted by molar-refractivity contribution is 7.92. The number of anilines is 2. The number of nitrogens with one attached hydrogen (secondary N) is 2. The van der Waals surface area contributed by atoms with Gasteiger partial charge in [-0.05, 0) is 101 Å². The zero-order chi connectivity index (χ0) is 22.6. The molecule has 4 aliphatic carbocycles. The van der Waals surface area contributed by atoms with Gasteiger partial charge in [0.05, 0.1) is 17.0 Å². The van der Waals surface area contributed by atoms with Gasteiger partial charge in [-0.25, -0.2) is 8.42 Å². The number of aliphatic hydroxyl groups is 1. The first kappa shape index (κ1) is 22.5. The van der Waals surface area contributed by atoms with Gasteiger partial charge in [-0.15, -0.1) is 0 Å². The smallest absolute Gasteiger partial charge is 0.232 e. The molecule has 4 bridgehead atoms. The molecule has 1 heterocycles. The van der Waals surface area contributed by atoms with E-state index < -0.39 is 15.6 Å². The van der Waals surface area contributed by atoms with Crippen LogP contribution in [0.3, 0.4) is 0 Å². The predicted molar refractivity (Wildman–Crippen MR) is 129 cm³/mol. The van der Waals surface area contributed by atoms with Crippen molar-refractivity contribution < 1.29 is 13.5 Å². The number of sulfonamides is 1. The second kappa shape index (κ2) is 8.17. The summed E-state index contributed by atoms with van der Waals surface area (Å²) >= 11 is 0. The van der Waals surface area contributed by atoms with E-state index in [0.717, 1.165) is 62.7 Å². The molecule has 32 heavy (non-hydrogen) atoms. The molecule has 6 nitrogen and oxygen atoms in total. The van der Waals surface area contributed by atoms with Crippen molar-refractivity contribution in [2.45, 2.75) is 82.9 Å². The number of nitrogens with zero attached hydrogens (tertiary/aromatic N) is 1. The van der Waals surface area contributed by atoms with E-state index in [1.54, 1.807) is 6.92 Å². The van der Waals surface area contributed by atoms with E-state index in [-0.39, 0.29) is 11.2 Å². The van der Waals surface area contributed by atoms with Crippen LogP contribution in [0.2, 0.25) is 0 Å². The zero-order valence-corrected chi connectivity index (χ0v) is 20.3. The monoisotopic (exact) mass is 461 g/mol. The molecule has 3 atom stereocenters. The van der Waals surface area contributed by atoms with Gasteiger partial charge in [0.15, 0.2) is 0 Å². The molecular weight excluding hydrogens is 422 g/mol. The van der Waals surface area contributed by atoms with Crippen LogP contribution >= 0.6 is 0 Å². The van der Waals surface area contributed by atoms with E-state index in [1.165, 1.54) is 19.3 Å². The molecule has 4 saturated carbocycles. The Labute approximate surface area is 193 Å². The number of hydrogen-bond donors (Lipinski definition) is 3. The SMILES string of the molecule is CCS(=O)(=O)Nc1cccc(N2CCC(N[C@@H](C)C34C[C@H]5C[C@@H](CC(O)(C5)C3)C4)CC2)c1. The van der Waals surface area contributed by atoms with Crippen molar-refractivity contribution in [1.29, 1.82) is 0 Å². The normalized spacial score (nSPS) is 35.8. The average molecular weight is 462 g/mol. The molecule has 0 aromatic heterocycles. The molecular formula is C25H39N3O3S. The molecule has 0 amide bonds. The predicted octanol–water partition coefficient (Wildman–Crippen LogP) is 3.73. The fraction of sp³-hybridized carbons (Fsp3) is 0.760. The Kier molecular flexibility index (Phi) is 5.74. The molecule has 0 radical (unpaired) electrons. The van der Waals surface area contributed by atoms with Gasteiger partial charge in [0.25, 0.3) is 0 Å². The molecule has 0 spiro atoms. The van der Waals surface area contributed by atoms with Gasteiger partial charge in [-0.1, -0.05) is 6.07 Å². The third kappa shape index (κ3) is 4.40. The van der Waals surface area contributed by atoms with Crippen LogP contribution < -0.4 is 14.9 Å². The van der Waals surface area contributed by atoms with Gasteiger partial charge in [-0.2, -0.15) is 0 Å². The molecule has 0 unspecified atom stereocenters. The Hall–Kier alpha value is -1.31. The molecule has 5 fully saturated rings. The van der Waals surface area contributed by atoms with Crippen molar-refractivity contribution in [3.63, 3.8) is 0 Å². The van der Waals surface area contributed by atoms with Gasteiger partial charge in [-0.3, -0.25) is 4.72 Å². The molecule has 1 aliphatic heterocycles. The van der Waals surface area contributed by atoms with Crippen LogP contribution in [0, 0.1) is 17.3 Å². The lowest BCUT2D eigenvalue weighted by atomic mass is 9.46.